The molecule has 0 fully saturated rings. The summed E-state index contributed by atoms with van der Waals surface area (Å²) in [5.74, 6) is -0.791. The van der Waals surface area contributed by atoms with E-state index in [0.29, 0.717) is 29.6 Å². The van der Waals surface area contributed by atoms with E-state index >= 15 is 0 Å². The van der Waals surface area contributed by atoms with Crippen LogP contribution >= 0.6 is 0 Å². The van der Waals surface area contributed by atoms with Gasteiger partial charge in [-0.25, -0.2) is 0 Å². The maximum absolute atomic E-state index is 12.9. The van der Waals surface area contributed by atoms with Crippen molar-refractivity contribution in [3.63, 3.8) is 0 Å². The van der Waals surface area contributed by atoms with Crippen molar-refractivity contribution < 1.29 is 19.6 Å². The van der Waals surface area contributed by atoms with Crippen molar-refractivity contribution in [2.45, 2.75) is 13.3 Å². The molecule has 166 valence electrons. The zero-order valence-corrected chi connectivity index (χ0v) is 18.1. The van der Waals surface area contributed by atoms with Gasteiger partial charge in [0.05, 0.1) is 5.69 Å². The van der Waals surface area contributed by atoms with Crippen LogP contribution in [-0.4, -0.2) is 47.1 Å². The number of rotatable bonds is 7. The second-order valence-electron chi connectivity index (χ2n) is 7.78. The second-order valence-corrected chi connectivity index (χ2v) is 7.78. The van der Waals surface area contributed by atoms with Gasteiger partial charge in [0, 0.05) is 24.2 Å². The molecule has 0 saturated carbocycles. The number of hydrogen-bond donors (Lipinski definition) is 1. The number of amides is 3. The lowest BCUT2D eigenvalue weighted by molar-refractivity contribution is -0.116. The Kier molecular flexibility index (Phi) is 6.31. The minimum Gasteiger partial charge on any atom is -0.410 e. The van der Waals surface area contributed by atoms with Gasteiger partial charge in [-0.15, -0.1) is 0 Å². The lowest BCUT2D eigenvalue weighted by Gasteiger charge is -2.20. The van der Waals surface area contributed by atoms with Crippen molar-refractivity contribution in [1.82, 2.24) is 4.90 Å². The van der Waals surface area contributed by atoms with Crippen LogP contribution in [0.2, 0.25) is 0 Å². The highest BCUT2D eigenvalue weighted by molar-refractivity contribution is 6.54. The van der Waals surface area contributed by atoms with Gasteiger partial charge in [-0.2, -0.15) is 0 Å². The van der Waals surface area contributed by atoms with E-state index in [1.54, 1.807) is 18.2 Å². The molecule has 4 rings (SSSR count). The number of carbonyl (C=O) groups is 3. The fraction of sp³-hybridized carbons (Fsp3) is 0.154. The lowest BCUT2D eigenvalue weighted by atomic mass is 10.0. The molecule has 0 aromatic heterocycles. The maximum Gasteiger partial charge on any atom is 0.281 e. The highest BCUT2D eigenvalue weighted by atomic mass is 16.4. The normalized spacial score (nSPS) is 13.8. The van der Waals surface area contributed by atoms with Crippen molar-refractivity contribution in [2.24, 2.45) is 5.16 Å². The van der Waals surface area contributed by atoms with Crippen LogP contribution in [0, 0.1) is 6.92 Å². The number of oxime groups is 1. The number of benzene rings is 3. The summed E-state index contributed by atoms with van der Waals surface area (Å²) in [6.45, 7) is 2.23. The van der Waals surface area contributed by atoms with E-state index in [4.69, 9.17) is 0 Å². The van der Waals surface area contributed by atoms with Gasteiger partial charge >= 0.3 is 0 Å². The van der Waals surface area contributed by atoms with Crippen LogP contribution in [0.4, 0.5) is 5.69 Å². The second kappa shape index (κ2) is 9.48. The average Bonchev–Trinajstić information content (AvgIpc) is 3.12. The summed E-state index contributed by atoms with van der Waals surface area (Å²) in [5.41, 5.74) is 4.34. The van der Waals surface area contributed by atoms with Crippen LogP contribution in [-0.2, 0) is 9.59 Å². The Balaban J connectivity index is 1.53. The molecule has 7 nitrogen and oxygen atoms in total. The first kappa shape index (κ1) is 22.0. The summed E-state index contributed by atoms with van der Waals surface area (Å²) in [5, 5.41) is 12.6. The van der Waals surface area contributed by atoms with Crippen LogP contribution in [0.5, 0.6) is 0 Å². The van der Waals surface area contributed by atoms with Gasteiger partial charge in [-0.3, -0.25) is 19.3 Å². The molecule has 7 heteroatoms. The Morgan fingerprint density at radius 3 is 2.45 bits per heavy atom. The largest absolute Gasteiger partial charge is 0.410 e. The van der Waals surface area contributed by atoms with Crippen LogP contribution in [0.1, 0.15) is 27.9 Å². The molecule has 0 unspecified atom stereocenters. The topological polar surface area (TPSA) is 90.3 Å². The average molecular weight is 441 g/mol. The Morgan fingerprint density at radius 1 is 1.03 bits per heavy atom. The molecular weight excluding hydrogens is 418 g/mol. The Morgan fingerprint density at radius 2 is 1.76 bits per heavy atom. The van der Waals surface area contributed by atoms with Crippen LogP contribution in [0.25, 0.3) is 11.1 Å². The van der Waals surface area contributed by atoms with E-state index in [-0.39, 0.29) is 24.7 Å². The summed E-state index contributed by atoms with van der Waals surface area (Å²) in [6, 6.07) is 22.4. The molecule has 0 radical (unpaired) electrons. The minimum absolute atomic E-state index is 0.0205. The highest BCUT2D eigenvalue weighted by Crippen LogP contribution is 2.34. The molecule has 3 aromatic carbocycles. The Labute approximate surface area is 191 Å². The van der Waals surface area contributed by atoms with E-state index in [1.165, 1.54) is 4.90 Å². The van der Waals surface area contributed by atoms with Crippen molar-refractivity contribution >= 4 is 29.6 Å². The molecule has 0 saturated heterocycles. The number of nitrogens with zero attached hydrogens (tertiary/aromatic N) is 3. The number of carbonyl (C=O) groups excluding carboxylic acids is 3. The van der Waals surface area contributed by atoms with Gasteiger partial charge < -0.3 is 10.1 Å². The van der Waals surface area contributed by atoms with Crippen molar-refractivity contribution in [2.75, 3.05) is 18.0 Å². The SMILES string of the molecule is Cc1ccccc1C(=O)N(C=O)CCCN1C(=O)/C(=N\O)c2ccc(-c3ccccc3)cc21. The van der Waals surface area contributed by atoms with E-state index in [9.17, 15) is 19.6 Å². The third-order valence-electron chi connectivity index (χ3n) is 5.74. The molecule has 1 heterocycles. The molecule has 1 N–H and O–H groups in total. The first-order chi connectivity index (χ1) is 16.0. The van der Waals surface area contributed by atoms with E-state index in [2.05, 4.69) is 5.16 Å². The van der Waals surface area contributed by atoms with Crippen LogP contribution in [0.3, 0.4) is 0 Å². The zero-order chi connectivity index (χ0) is 23.4. The predicted octanol–water partition coefficient (Wildman–Crippen LogP) is 3.88. The summed E-state index contributed by atoms with van der Waals surface area (Å²) >= 11 is 0. The molecule has 0 spiro atoms. The van der Waals surface area contributed by atoms with Crippen molar-refractivity contribution in [3.05, 3.63) is 89.5 Å². The number of hydrogen-bond acceptors (Lipinski definition) is 5. The number of anilines is 1. The van der Waals surface area contributed by atoms with Crippen LogP contribution in [0.15, 0.2) is 78.0 Å². The zero-order valence-electron chi connectivity index (χ0n) is 18.1. The standard InChI is InChI=1S/C26H23N3O4/c1-18-8-5-6-11-21(18)25(31)28(17-30)14-7-15-29-23-16-20(19-9-3-2-4-10-19)12-13-22(23)24(27-33)26(29)32/h2-6,8-13,16-17,33H,7,14-15H2,1H3/b27-24-. The minimum atomic E-state index is -0.416. The van der Waals surface area contributed by atoms with Crippen LogP contribution < -0.4 is 4.90 Å². The number of imide groups is 1. The third kappa shape index (κ3) is 4.25. The van der Waals surface area contributed by atoms with E-state index in [1.807, 2.05) is 61.5 Å². The Hall–Kier alpha value is -4.26. The maximum atomic E-state index is 12.9. The number of fused-ring (bicyclic) bond motifs is 1. The van der Waals surface area contributed by atoms with E-state index in [0.717, 1.165) is 21.6 Å². The highest BCUT2D eigenvalue weighted by Gasteiger charge is 2.34. The summed E-state index contributed by atoms with van der Waals surface area (Å²) < 4.78 is 0. The van der Waals surface area contributed by atoms with Gasteiger partial charge in [-0.1, -0.05) is 59.8 Å². The fourth-order valence-electron chi connectivity index (χ4n) is 4.01. The smallest absolute Gasteiger partial charge is 0.281 e. The number of aryl methyl sites for hydroxylation is 1. The molecule has 0 aliphatic carbocycles. The molecule has 3 amide bonds. The van der Waals surface area contributed by atoms with Gasteiger partial charge in [0.15, 0.2) is 5.71 Å². The van der Waals surface area contributed by atoms with Gasteiger partial charge in [-0.05, 0) is 48.2 Å². The third-order valence-corrected chi connectivity index (χ3v) is 5.74. The Bertz CT molecular complexity index is 1240. The van der Waals surface area contributed by atoms with Crippen molar-refractivity contribution in [3.8, 4) is 11.1 Å². The molecule has 0 bridgehead atoms. The molecular formula is C26H23N3O4. The predicted molar refractivity (Wildman–Crippen MR) is 125 cm³/mol. The van der Waals surface area contributed by atoms with Gasteiger partial charge in [0.25, 0.3) is 11.8 Å². The molecule has 3 aromatic rings. The molecule has 0 atom stereocenters. The molecule has 1 aliphatic rings. The summed E-state index contributed by atoms with van der Waals surface area (Å²) in [7, 11) is 0. The summed E-state index contributed by atoms with van der Waals surface area (Å²) in [4.78, 5) is 39.9. The monoisotopic (exact) mass is 441 g/mol. The van der Waals surface area contributed by atoms with Gasteiger partial charge in [0.1, 0.15) is 0 Å². The quantitative estimate of drug-likeness (QED) is 0.342. The molecule has 33 heavy (non-hydrogen) atoms. The molecule has 1 aliphatic heterocycles. The van der Waals surface area contributed by atoms with E-state index < -0.39 is 5.91 Å². The fourth-order valence-corrected chi connectivity index (χ4v) is 4.01. The first-order valence-corrected chi connectivity index (χ1v) is 10.6. The summed E-state index contributed by atoms with van der Waals surface area (Å²) in [6.07, 6.45) is 0.887. The first-order valence-electron chi connectivity index (χ1n) is 10.6. The lowest BCUT2D eigenvalue weighted by Crippen LogP contribution is -2.35. The van der Waals surface area contributed by atoms with Gasteiger partial charge in [0.2, 0.25) is 6.41 Å². The van der Waals surface area contributed by atoms with Crippen molar-refractivity contribution in [1.29, 1.82) is 0 Å².